The average Bonchev–Trinajstić information content (AvgIpc) is 3.27. The molecule has 1 heterocycles. The van der Waals surface area contributed by atoms with E-state index in [2.05, 4.69) is 20.8 Å². The van der Waals surface area contributed by atoms with Crippen LogP contribution in [0.1, 0.15) is 6.92 Å². The van der Waals surface area contributed by atoms with Crippen LogP contribution in [0.3, 0.4) is 0 Å². The van der Waals surface area contributed by atoms with Gasteiger partial charge in [-0.05, 0) is 54.6 Å². The fourth-order valence-electron chi connectivity index (χ4n) is 3.36. The first-order valence-electron chi connectivity index (χ1n) is 10.6. The Bertz CT molecular complexity index is 1340. The Morgan fingerprint density at radius 1 is 1.00 bits per heavy atom. The van der Waals surface area contributed by atoms with Crippen LogP contribution in [0, 0.1) is 5.82 Å². The van der Waals surface area contributed by atoms with Gasteiger partial charge in [0, 0.05) is 23.9 Å². The van der Waals surface area contributed by atoms with Crippen molar-refractivity contribution >= 4 is 35.0 Å². The number of hydrogen-bond acceptors (Lipinski definition) is 6. The van der Waals surface area contributed by atoms with Crippen LogP contribution in [0.25, 0.3) is 17.1 Å². The van der Waals surface area contributed by atoms with Crippen LogP contribution in [-0.2, 0) is 9.59 Å². The van der Waals surface area contributed by atoms with Crippen LogP contribution >= 0.6 is 11.8 Å². The van der Waals surface area contributed by atoms with Gasteiger partial charge >= 0.3 is 0 Å². The van der Waals surface area contributed by atoms with E-state index < -0.39 is 0 Å². The van der Waals surface area contributed by atoms with Gasteiger partial charge in [0.05, 0.1) is 18.6 Å². The Hall–Kier alpha value is -4.18. The first-order chi connectivity index (χ1) is 16.9. The van der Waals surface area contributed by atoms with Crippen molar-refractivity contribution in [3.8, 4) is 22.8 Å². The molecule has 2 N–H and O–H groups in total. The number of methoxy groups -OCH3 is 1. The Labute approximate surface area is 205 Å². The van der Waals surface area contributed by atoms with E-state index in [0.717, 1.165) is 5.69 Å². The standard InChI is InChI=1S/C25H22FN5O3S/c1-16(32)27-21-14-19(12-13-22(21)34-2)28-23(33)15-35-25-30-29-24(17-8-10-18(26)11-9-17)31(25)20-6-4-3-5-7-20/h3-14H,15H2,1-2H3,(H,27,32)(H,28,33). The van der Waals surface area contributed by atoms with Crippen molar-refractivity contribution in [2.75, 3.05) is 23.5 Å². The van der Waals surface area contributed by atoms with Crippen molar-refractivity contribution in [3.05, 3.63) is 78.6 Å². The van der Waals surface area contributed by atoms with E-state index in [4.69, 9.17) is 4.74 Å². The van der Waals surface area contributed by atoms with Gasteiger partial charge in [0.2, 0.25) is 11.8 Å². The molecule has 0 saturated heterocycles. The highest BCUT2D eigenvalue weighted by Gasteiger charge is 2.18. The maximum atomic E-state index is 13.4. The molecule has 10 heteroatoms. The number of benzene rings is 3. The van der Waals surface area contributed by atoms with Gasteiger partial charge in [0.1, 0.15) is 11.6 Å². The van der Waals surface area contributed by atoms with E-state index in [1.165, 1.54) is 37.9 Å². The van der Waals surface area contributed by atoms with E-state index in [1.54, 1.807) is 30.3 Å². The minimum atomic E-state index is -0.342. The number of halogens is 1. The molecule has 2 amide bonds. The third-order valence-electron chi connectivity index (χ3n) is 4.88. The summed E-state index contributed by atoms with van der Waals surface area (Å²) in [4.78, 5) is 24.1. The van der Waals surface area contributed by atoms with Crippen LogP contribution in [0.15, 0.2) is 78.0 Å². The predicted octanol–water partition coefficient (Wildman–Crippen LogP) is 4.77. The minimum Gasteiger partial charge on any atom is -0.495 e. The van der Waals surface area contributed by atoms with Crippen LogP contribution in [0.5, 0.6) is 5.75 Å². The molecule has 0 unspecified atom stereocenters. The van der Waals surface area contributed by atoms with Crippen LogP contribution in [0.2, 0.25) is 0 Å². The normalized spacial score (nSPS) is 10.6. The van der Waals surface area contributed by atoms with Crippen molar-refractivity contribution in [1.82, 2.24) is 14.8 Å². The van der Waals surface area contributed by atoms with Gasteiger partial charge in [-0.3, -0.25) is 14.2 Å². The van der Waals surface area contributed by atoms with E-state index in [9.17, 15) is 14.0 Å². The van der Waals surface area contributed by atoms with Crippen LogP contribution < -0.4 is 15.4 Å². The molecule has 0 aliphatic carbocycles. The number of carbonyl (C=O) groups excluding carboxylic acids is 2. The van der Waals surface area contributed by atoms with E-state index in [-0.39, 0.29) is 23.4 Å². The van der Waals surface area contributed by atoms with Crippen LogP contribution in [-0.4, -0.2) is 39.4 Å². The fraction of sp³-hybridized carbons (Fsp3) is 0.120. The van der Waals surface area contributed by atoms with Gasteiger partial charge < -0.3 is 15.4 Å². The molecule has 0 fully saturated rings. The largest absolute Gasteiger partial charge is 0.495 e. The van der Waals surface area contributed by atoms with Crippen LogP contribution in [0.4, 0.5) is 15.8 Å². The Morgan fingerprint density at radius 3 is 2.43 bits per heavy atom. The molecule has 0 saturated carbocycles. The fourth-order valence-corrected chi connectivity index (χ4v) is 4.11. The monoisotopic (exact) mass is 491 g/mol. The van der Waals surface area contributed by atoms with Crippen molar-refractivity contribution < 1.29 is 18.7 Å². The lowest BCUT2D eigenvalue weighted by molar-refractivity contribution is -0.114. The molecular weight excluding hydrogens is 469 g/mol. The molecular formula is C25H22FN5O3S. The van der Waals surface area contributed by atoms with Gasteiger partial charge in [-0.25, -0.2) is 4.39 Å². The summed E-state index contributed by atoms with van der Waals surface area (Å²) in [5.41, 5.74) is 2.48. The zero-order valence-electron chi connectivity index (χ0n) is 19.0. The highest BCUT2D eigenvalue weighted by atomic mass is 32.2. The second-order valence-electron chi connectivity index (χ2n) is 7.42. The molecule has 1 aromatic heterocycles. The summed E-state index contributed by atoms with van der Waals surface area (Å²) in [5, 5.41) is 14.6. The van der Waals surface area contributed by atoms with Crippen molar-refractivity contribution in [1.29, 1.82) is 0 Å². The first-order valence-corrected chi connectivity index (χ1v) is 11.6. The number of ether oxygens (including phenoxy) is 1. The molecule has 178 valence electrons. The number of rotatable bonds is 8. The Morgan fingerprint density at radius 2 is 1.74 bits per heavy atom. The molecule has 4 aromatic rings. The summed E-state index contributed by atoms with van der Waals surface area (Å²) in [6.45, 7) is 1.39. The number of nitrogens with zero attached hydrogens (tertiary/aromatic N) is 3. The maximum Gasteiger partial charge on any atom is 0.234 e. The number of para-hydroxylation sites is 1. The van der Waals surface area contributed by atoms with Gasteiger partial charge in [0.25, 0.3) is 0 Å². The van der Waals surface area contributed by atoms with Gasteiger partial charge in [-0.1, -0.05) is 30.0 Å². The molecule has 35 heavy (non-hydrogen) atoms. The highest BCUT2D eigenvalue weighted by molar-refractivity contribution is 7.99. The summed E-state index contributed by atoms with van der Waals surface area (Å²) in [6.07, 6.45) is 0. The lowest BCUT2D eigenvalue weighted by atomic mass is 10.2. The predicted molar refractivity (Wildman–Crippen MR) is 133 cm³/mol. The van der Waals surface area contributed by atoms with E-state index >= 15 is 0 Å². The smallest absolute Gasteiger partial charge is 0.234 e. The second kappa shape index (κ2) is 10.8. The lowest BCUT2D eigenvalue weighted by Gasteiger charge is -2.12. The molecule has 4 rings (SSSR count). The number of aromatic nitrogens is 3. The molecule has 0 bridgehead atoms. The maximum absolute atomic E-state index is 13.4. The topological polar surface area (TPSA) is 98.1 Å². The number of amides is 2. The zero-order valence-corrected chi connectivity index (χ0v) is 19.8. The van der Waals surface area contributed by atoms with E-state index in [0.29, 0.717) is 33.7 Å². The first kappa shape index (κ1) is 24.0. The summed E-state index contributed by atoms with van der Waals surface area (Å²) in [6, 6.07) is 20.5. The van der Waals surface area contributed by atoms with Gasteiger partial charge in [-0.2, -0.15) is 0 Å². The van der Waals surface area contributed by atoms with Crippen molar-refractivity contribution in [3.63, 3.8) is 0 Å². The number of carbonyl (C=O) groups is 2. The number of anilines is 2. The molecule has 0 radical (unpaired) electrons. The molecule has 0 aliphatic heterocycles. The highest BCUT2D eigenvalue weighted by Crippen LogP contribution is 2.30. The number of hydrogen-bond donors (Lipinski definition) is 2. The molecule has 3 aromatic carbocycles. The lowest BCUT2D eigenvalue weighted by Crippen LogP contribution is -2.15. The third-order valence-corrected chi connectivity index (χ3v) is 5.81. The quantitative estimate of drug-likeness (QED) is 0.345. The van der Waals surface area contributed by atoms with Crippen molar-refractivity contribution in [2.45, 2.75) is 12.1 Å². The summed E-state index contributed by atoms with van der Waals surface area (Å²) in [7, 11) is 1.50. The third kappa shape index (κ3) is 5.85. The number of nitrogens with one attached hydrogen (secondary N) is 2. The second-order valence-corrected chi connectivity index (χ2v) is 8.36. The molecule has 0 atom stereocenters. The van der Waals surface area contributed by atoms with Gasteiger partial charge in [0.15, 0.2) is 11.0 Å². The summed E-state index contributed by atoms with van der Waals surface area (Å²) in [5.74, 6) is 0.229. The van der Waals surface area contributed by atoms with E-state index in [1.807, 2.05) is 34.9 Å². The SMILES string of the molecule is COc1ccc(NC(=O)CSc2nnc(-c3ccc(F)cc3)n2-c2ccccc2)cc1NC(C)=O. The Kier molecular flexibility index (Phi) is 7.41. The zero-order chi connectivity index (χ0) is 24.8. The molecule has 8 nitrogen and oxygen atoms in total. The minimum absolute atomic E-state index is 0.0654. The summed E-state index contributed by atoms with van der Waals surface area (Å²) >= 11 is 1.22. The molecule has 0 aliphatic rings. The summed E-state index contributed by atoms with van der Waals surface area (Å²) < 4.78 is 20.5. The number of thioether (sulfide) groups is 1. The average molecular weight is 492 g/mol. The molecule has 0 spiro atoms. The van der Waals surface area contributed by atoms with Crippen molar-refractivity contribution in [2.24, 2.45) is 0 Å². The Balaban J connectivity index is 1.53. The van der Waals surface area contributed by atoms with Gasteiger partial charge in [-0.15, -0.1) is 10.2 Å².